The first-order valence-electron chi connectivity index (χ1n) is 18.6. The summed E-state index contributed by atoms with van der Waals surface area (Å²) in [7, 11) is 0. The van der Waals surface area contributed by atoms with Gasteiger partial charge in [-0.1, -0.05) is 158 Å². The summed E-state index contributed by atoms with van der Waals surface area (Å²) in [6, 6.07) is 62.6. The molecule has 56 heavy (non-hydrogen) atoms. The van der Waals surface area contributed by atoms with Crippen LogP contribution >= 0.6 is 11.3 Å². The minimum Gasteiger partial charge on any atom is -0.455 e. The van der Waals surface area contributed by atoms with E-state index in [4.69, 9.17) is 24.4 Å². The van der Waals surface area contributed by atoms with Crippen LogP contribution in [0.25, 0.3) is 110 Å². The molecule has 6 heteroatoms. The molecule has 0 atom stereocenters. The number of fused-ring (bicyclic) bond motifs is 5. The van der Waals surface area contributed by atoms with Gasteiger partial charge in [-0.15, -0.1) is 11.3 Å². The summed E-state index contributed by atoms with van der Waals surface area (Å²) in [4.78, 5) is 20.9. The Morgan fingerprint density at radius 3 is 1.75 bits per heavy atom. The third kappa shape index (κ3) is 5.46. The summed E-state index contributed by atoms with van der Waals surface area (Å²) in [5, 5.41) is 5.25. The molecule has 0 aliphatic rings. The first-order valence-corrected chi connectivity index (χ1v) is 19.4. The van der Waals surface area contributed by atoms with Crippen LogP contribution in [-0.4, -0.2) is 19.9 Å². The van der Waals surface area contributed by atoms with Gasteiger partial charge in [-0.05, 0) is 51.7 Å². The molecule has 11 rings (SSSR count). The second kappa shape index (κ2) is 13.2. The summed E-state index contributed by atoms with van der Waals surface area (Å²) in [6.07, 6.45) is 0. The van der Waals surface area contributed by atoms with Crippen LogP contribution in [0.4, 0.5) is 0 Å². The van der Waals surface area contributed by atoms with Crippen molar-refractivity contribution in [2.75, 3.05) is 0 Å². The molecule has 0 radical (unpaired) electrons. The van der Waals surface area contributed by atoms with Crippen molar-refractivity contribution in [3.05, 3.63) is 182 Å². The SMILES string of the molecule is c1ccc(-c2nc(-c3cc(-c4c5nc(-c6ccccc6)sc5cc5c4oc4ccccc45)c4ccccc4c3)nc(-c3ccccc3-c3ccccc3)n2)cc1. The second-order valence-corrected chi connectivity index (χ2v) is 14.8. The van der Waals surface area contributed by atoms with Crippen LogP contribution < -0.4 is 0 Å². The molecule has 0 spiro atoms. The normalized spacial score (nSPS) is 11.6. The standard InChI is InChI=1S/C50H30N4OS/c1-4-16-31(17-5-1)36-23-12-13-26-39(36)49-53-47(32-18-6-2-7-19-32)52-48(54-49)35-28-34-22-10-11-24-37(34)40(29-35)44-45-43(56-50(51-45)33-20-8-3-9-21-33)30-41-38-25-14-15-27-42(38)55-46(41)44/h1-30H. The predicted molar refractivity (Wildman–Crippen MR) is 230 cm³/mol. The fourth-order valence-electron chi connectivity index (χ4n) is 7.73. The molecular formula is C50H30N4OS. The van der Waals surface area contributed by atoms with E-state index in [1.165, 1.54) is 0 Å². The van der Waals surface area contributed by atoms with Gasteiger partial charge in [-0.3, -0.25) is 0 Å². The van der Waals surface area contributed by atoms with Crippen molar-refractivity contribution in [2.24, 2.45) is 0 Å². The van der Waals surface area contributed by atoms with Gasteiger partial charge < -0.3 is 4.42 Å². The molecule has 0 aliphatic carbocycles. The number of rotatable bonds is 6. The van der Waals surface area contributed by atoms with E-state index in [0.717, 1.165) is 92.4 Å². The number of benzene rings is 8. The number of aromatic nitrogens is 4. The molecule has 0 bridgehead atoms. The van der Waals surface area contributed by atoms with Crippen LogP contribution in [0, 0.1) is 0 Å². The van der Waals surface area contributed by atoms with Gasteiger partial charge in [0.25, 0.3) is 0 Å². The summed E-state index contributed by atoms with van der Waals surface area (Å²) in [6.45, 7) is 0. The van der Waals surface area contributed by atoms with E-state index < -0.39 is 0 Å². The van der Waals surface area contributed by atoms with Gasteiger partial charge in [0.2, 0.25) is 0 Å². The van der Waals surface area contributed by atoms with Gasteiger partial charge in [-0.2, -0.15) is 0 Å². The smallest absolute Gasteiger partial charge is 0.164 e. The molecule has 0 amide bonds. The van der Waals surface area contributed by atoms with Gasteiger partial charge in [0.15, 0.2) is 17.5 Å². The van der Waals surface area contributed by atoms with Crippen molar-refractivity contribution in [2.45, 2.75) is 0 Å². The van der Waals surface area contributed by atoms with E-state index in [9.17, 15) is 0 Å². The van der Waals surface area contributed by atoms with Crippen molar-refractivity contribution in [1.82, 2.24) is 19.9 Å². The van der Waals surface area contributed by atoms with Gasteiger partial charge in [0, 0.05) is 33.0 Å². The van der Waals surface area contributed by atoms with Crippen LogP contribution in [0.3, 0.4) is 0 Å². The zero-order valence-corrected chi connectivity index (χ0v) is 30.7. The van der Waals surface area contributed by atoms with Crippen molar-refractivity contribution in [3.63, 3.8) is 0 Å². The van der Waals surface area contributed by atoms with Crippen molar-refractivity contribution in [1.29, 1.82) is 0 Å². The average molecular weight is 735 g/mol. The lowest BCUT2D eigenvalue weighted by atomic mass is 9.93. The van der Waals surface area contributed by atoms with Crippen LogP contribution in [0.1, 0.15) is 0 Å². The predicted octanol–water partition coefficient (Wildman–Crippen LogP) is 13.5. The maximum Gasteiger partial charge on any atom is 0.164 e. The highest BCUT2D eigenvalue weighted by atomic mass is 32.1. The molecule has 8 aromatic carbocycles. The Morgan fingerprint density at radius 2 is 0.982 bits per heavy atom. The fraction of sp³-hybridized carbons (Fsp3) is 0. The maximum atomic E-state index is 6.79. The first-order chi connectivity index (χ1) is 27.7. The largest absolute Gasteiger partial charge is 0.455 e. The van der Waals surface area contributed by atoms with Crippen molar-refractivity contribution in [3.8, 4) is 67.0 Å². The van der Waals surface area contributed by atoms with Crippen LogP contribution in [0.5, 0.6) is 0 Å². The van der Waals surface area contributed by atoms with Crippen molar-refractivity contribution < 1.29 is 4.42 Å². The van der Waals surface area contributed by atoms with Crippen LogP contribution in [0.15, 0.2) is 186 Å². The zero-order valence-electron chi connectivity index (χ0n) is 29.9. The van der Waals surface area contributed by atoms with E-state index in [-0.39, 0.29) is 0 Å². The summed E-state index contributed by atoms with van der Waals surface area (Å²) in [5.41, 5.74) is 10.5. The molecule has 0 saturated carbocycles. The Balaban J connectivity index is 1.20. The highest BCUT2D eigenvalue weighted by Crippen LogP contribution is 2.46. The molecule has 262 valence electrons. The Kier molecular flexibility index (Phi) is 7.60. The molecule has 0 aliphatic heterocycles. The third-order valence-corrected chi connectivity index (χ3v) is 11.4. The first kappa shape index (κ1) is 32.2. The highest BCUT2D eigenvalue weighted by molar-refractivity contribution is 7.21. The van der Waals surface area contributed by atoms with E-state index in [1.54, 1.807) is 11.3 Å². The van der Waals surface area contributed by atoms with E-state index >= 15 is 0 Å². The minimum absolute atomic E-state index is 0.583. The number of thiazole rings is 1. The van der Waals surface area contributed by atoms with Gasteiger partial charge in [-0.25, -0.2) is 19.9 Å². The fourth-order valence-corrected chi connectivity index (χ4v) is 8.75. The van der Waals surface area contributed by atoms with Crippen molar-refractivity contribution >= 4 is 54.3 Å². The highest BCUT2D eigenvalue weighted by Gasteiger charge is 2.23. The molecule has 5 nitrogen and oxygen atoms in total. The topological polar surface area (TPSA) is 64.7 Å². The summed E-state index contributed by atoms with van der Waals surface area (Å²) >= 11 is 1.70. The number of furan rings is 1. The van der Waals surface area contributed by atoms with E-state index in [0.29, 0.717) is 17.5 Å². The maximum absolute atomic E-state index is 6.79. The Bertz CT molecular complexity index is 3250. The van der Waals surface area contributed by atoms with Gasteiger partial charge in [0.1, 0.15) is 16.2 Å². The molecule has 0 fully saturated rings. The van der Waals surface area contributed by atoms with Gasteiger partial charge in [0.05, 0.1) is 15.8 Å². The Hall–Kier alpha value is -7.28. The number of nitrogens with zero attached hydrogens (tertiary/aromatic N) is 4. The average Bonchev–Trinajstić information content (AvgIpc) is 3.87. The monoisotopic (exact) mass is 734 g/mol. The third-order valence-electron chi connectivity index (χ3n) is 10.4. The van der Waals surface area contributed by atoms with E-state index in [1.807, 2.05) is 60.7 Å². The lowest BCUT2D eigenvalue weighted by Crippen LogP contribution is -2.01. The van der Waals surface area contributed by atoms with Crippen LogP contribution in [-0.2, 0) is 0 Å². The Morgan fingerprint density at radius 1 is 0.393 bits per heavy atom. The quantitative estimate of drug-likeness (QED) is 0.170. The number of para-hydroxylation sites is 1. The zero-order chi connectivity index (χ0) is 37.0. The molecule has 0 unspecified atom stereocenters. The lowest BCUT2D eigenvalue weighted by molar-refractivity contribution is 0.670. The molecular weight excluding hydrogens is 705 g/mol. The lowest BCUT2D eigenvalue weighted by Gasteiger charge is -2.14. The summed E-state index contributed by atoms with van der Waals surface area (Å²) < 4.78 is 7.88. The van der Waals surface area contributed by atoms with Crippen LogP contribution in [0.2, 0.25) is 0 Å². The van der Waals surface area contributed by atoms with E-state index in [2.05, 4.69) is 121 Å². The molecule has 3 heterocycles. The molecule has 3 aromatic heterocycles. The molecule has 0 N–H and O–H groups in total. The Labute approximate surface area is 326 Å². The second-order valence-electron chi connectivity index (χ2n) is 13.8. The molecule has 11 aromatic rings. The molecule has 0 saturated heterocycles. The van der Waals surface area contributed by atoms with Gasteiger partial charge >= 0.3 is 0 Å². The summed E-state index contributed by atoms with van der Waals surface area (Å²) in [5.74, 6) is 1.80. The number of hydrogen-bond acceptors (Lipinski definition) is 6. The minimum atomic E-state index is 0.583. The number of hydrogen-bond donors (Lipinski definition) is 0.